The number of nitrogens with two attached hydrogens (primary N) is 1. The van der Waals surface area contributed by atoms with Gasteiger partial charge in [0.05, 0.1) is 11.0 Å². The predicted octanol–water partition coefficient (Wildman–Crippen LogP) is 4.10. The first-order valence-electron chi connectivity index (χ1n) is 7.36. The molecule has 3 nitrogen and oxygen atoms in total. The molecule has 2 N–H and O–H groups in total. The zero-order valence-corrected chi connectivity index (χ0v) is 12.8. The van der Waals surface area contributed by atoms with E-state index in [0.717, 1.165) is 23.4 Å². The van der Waals surface area contributed by atoms with Crippen molar-refractivity contribution in [3.8, 4) is 0 Å². The molecule has 1 heterocycles. The van der Waals surface area contributed by atoms with Crippen LogP contribution in [0.25, 0.3) is 11.0 Å². The number of benzene rings is 2. The van der Waals surface area contributed by atoms with Crippen molar-refractivity contribution in [3.63, 3.8) is 0 Å². The van der Waals surface area contributed by atoms with Crippen LogP contribution in [0, 0.1) is 6.92 Å². The fraction of sp³-hybridized carbons (Fsp3) is 0.278. The van der Waals surface area contributed by atoms with Crippen LogP contribution in [0.4, 0.5) is 5.69 Å². The van der Waals surface area contributed by atoms with E-state index < -0.39 is 0 Å². The molecule has 0 saturated heterocycles. The summed E-state index contributed by atoms with van der Waals surface area (Å²) in [6.45, 7) is 6.50. The van der Waals surface area contributed by atoms with Gasteiger partial charge in [-0.2, -0.15) is 0 Å². The molecule has 2 aromatic carbocycles. The number of imidazole rings is 1. The van der Waals surface area contributed by atoms with Gasteiger partial charge in [-0.25, -0.2) is 4.98 Å². The lowest BCUT2D eigenvalue weighted by molar-refractivity contribution is 0.591. The van der Waals surface area contributed by atoms with E-state index >= 15 is 0 Å². The van der Waals surface area contributed by atoms with Crippen molar-refractivity contribution >= 4 is 16.7 Å². The molecule has 0 fully saturated rings. The first-order valence-corrected chi connectivity index (χ1v) is 7.36. The monoisotopic (exact) mass is 279 g/mol. The Bertz CT molecular complexity index is 784. The molecule has 0 aliphatic carbocycles. The molecule has 0 unspecified atom stereocenters. The summed E-state index contributed by atoms with van der Waals surface area (Å²) in [6.07, 6.45) is 0.803. The van der Waals surface area contributed by atoms with Gasteiger partial charge in [-0.05, 0) is 56.2 Å². The molecule has 0 radical (unpaired) electrons. The van der Waals surface area contributed by atoms with Gasteiger partial charge in [0.15, 0.2) is 0 Å². The molecule has 3 aromatic rings. The molecular weight excluding hydrogens is 258 g/mol. The summed E-state index contributed by atoms with van der Waals surface area (Å²) in [5, 5.41) is 0. The van der Waals surface area contributed by atoms with Gasteiger partial charge in [0.2, 0.25) is 0 Å². The number of fused-ring (bicyclic) bond motifs is 1. The Morgan fingerprint density at radius 3 is 2.67 bits per heavy atom. The van der Waals surface area contributed by atoms with Gasteiger partial charge in [-0.1, -0.05) is 18.2 Å². The molecule has 0 bridgehead atoms. The minimum absolute atomic E-state index is 0.383. The molecule has 3 rings (SSSR count). The topological polar surface area (TPSA) is 43.8 Å². The van der Waals surface area contributed by atoms with E-state index in [2.05, 4.69) is 49.6 Å². The van der Waals surface area contributed by atoms with Gasteiger partial charge < -0.3 is 10.3 Å². The average molecular weight is 279 g/mol. The standard InChI is InChI=1S/C18H21N3/c1-12(2)21-17-8-7-13(3)9-16(17)20-18(21)11-14-5-4-6-15(19)10-14/h4-10,12H,11,19H2,1-3H3. The molecule has 1 aromatic heterocycles. The minimum atomic E-state index is 0.383. The van der Waals surface area contributed by atoms with E-state index in [0.29, 0.717) is 6.04 Å². The first kappa shape index (κ1) is 13.7. The average Bonchev–Trinajstić information content (AvgIpc) is 2.75. The Morgan fingerprint density at radius 1 is 1.14 bits per heavy atom. The molecular formula is C18H21N3. The van der Waals surface area contributed by atoms with Crippen LogP contribution in [0.5, 0.6) is 0 Å². The third-order valence-electron chi connectivity index (χ3n) is 3.75. The van der Waals surface area contributed by atoms with Crippen molar-refractivity contribution in [2.45, 2.75) is 33.2 Å². The van der Waals surface area contributed by atoms with E-state index in [1.165, 1.54) is 16.6 Å². The van der Waals surface area contributed by atoms with Crippen LogP contribution in [-0.2, 0) is 6.42 Å². The highest BCUT2D eigenvalue weighted by Gasteiger charge is 2.13. The molecule has 0 aliphatic heterocycles. The molecule has 108 valence electrons. The van der Waals surface area contributed by atoms with Crippen LogP contribution in [0.2, 0.25) is 0 Å². The van der Waals surface area contributed by atoms with Gasteiger partial charge in [0, 0.05) is 18.2 Å². The Kier molecular flexibility index (Phi) is 3.42. The molecule has 0 amide bonds. The molecule has 0 aliphatic rings. The summed E-state index contributed by atoms with van der Waals surface area (Å²) in [5.41, 5.74) is 11.4. The maximum absolute atomic E-state index is 5.88. The van der Waals surface area contributed by atoms with Gasteiger partial charge in [0.25, 0.3) is 0 Å². The first-order chi connectivity index (χ1) is 10.0. The second kappa shape index (κ2) is 5.24. The second-order valence-electron chi connectivity index (χ2n) is 5.91. The highest BCUT2D eigenvalue weighted by Crippen LogP contribution is 2.24. The number of hydrogen-bond donors (Lipinski definition) is 1. The number of rotatable bonds is 3. The van der Waals surface area contributed by atoms with E-state index in [-0.39, 0.29) is 0 Å². The van der Waals surface area contributed by atoms with Crippen molar-refractivity contribution < 1.29 is 0 Å². The van der Waals surface area contributed by atoms with Gasteiger partial charge in [0.1, 0.15) is 5.82 Å². The SMILES string of the molecule is Cc1ccc2c(c1)nc(Cc1cccc(N)c1)n2C(C)C. The van der Waals surface area contributed by atoms with E-state index in [9.17, 15) is 0 Å². The van der Waals surface area contributed by atoms with Crippen molar-refractivity contribution in [1.82, 2.24) is 9.55 Å². The number of hydrogen-bond acceptors (Lipinski definition) is 2. The Morgan fingerprint density at radius 2 is 1.95 bits per heavy atom. The normalized spacial score (nSPS) is 11.4. The third kappa shape index (κ3) is 2.64. The summed E-state index contributed by atoms with van der Waals surface area (Å²) in [5.74, 6) is 1.09. The lowest BCUT2D eigenvalue weighted by atomic mass is 10.1. The molecule has 0 saturated carbocycles. The minimum Gasteiger partial charge on any atom is -0.399 e. The van der Waals surface area contributed by atoms with Crippen molar-refractivity contribution in [2.24, 2.45) is 0 Å². The smallest absolute Gasteiger partial charge is 0.114 e. The van der Waals surface area contributed by atoms with Crippen molar-refractivity contribution in [1.29, 1.82) is 0 Å². The summed E-state index contributed by atoms with van der Waals surface area (Å²) < 4.78 is 2.32. The lowest BCUT2D eigenvalue weighted by Crippen LogP contribution is -2.07. The second-order valence-corrected chi connectivity index (χ2v) is 5.91. The lowest BCUT2D eigenvalue weighted by Gasteiger charge is -2.13. The van der Waals surface area contributed by atoms with Crippen LogP contribution >= 0.6 is 0 Å². The highest BCUT2D eigenvalue weighted by molar-refractivity contribution is 5.77. The van der Waals surface area contributed by atoms with Crippen LogP contribution < -0.4 is 5.73 Å². The number of anilines is 1. The summed E-state index contributed by atoms with van der Waals surface area (Å²) in [4.78, 5) is 4.84. The van der Waals surface area contributed by atoms with Gasteiger partial charge in [-0.15, -0.1) is 0 Å². The quantitative estimate of drug-likeness (QED) is 0.734. The van der Waals surface area contributed by atoms with Gasteiger partial charge in [-0.3, -0.25) is 0 Å². The Labute approximate surface area is 125 Å². The molecule has 21 heavy (non-hydrogen) atoms. The van der Waals surface area contributed by atoms with Crippen molar-refractivity contribution in [2.75, 3.05) is 5.73 Å². The zero-order chi connectivity index (χ0) is 15.0. The Hall–Kier alpha value is -2.29. The number of nitrogens with zero attached hydrogens (tertiary/aromatic N) is 2. The number of aromatic nitrogens is 2. The number of aryl methyl sites for hydroxylation is 1. The molecule has 0 atom stereocenters. The van der Waals surface area contributed by atoms with Crippen LogP contribution in [-0.4, -0.2) is 9.55 Å². The third-order valence-corrected chi connectivity index (χ3v) is 3.75. The summed E-state index contributed by atoms with van der Waals surface area (Å²) in [7, 11) is 0. The molecule has 3 heteroatoms. The highest BCUT2D eigenvalue weighted by atomic mass is 15.1. The Balaban J connectivity index is 2.10. The van der Waals surface area contributed by atoms with E-state index in [1.54, 1.807) is 0 Å². The summed E-state index contributed by atoms with van der Waals surface area (Å²) in [6, 6.07) is 14.9. The maximum Gasteiger partial charge on any atom is 0.114 e. The zero-order valence-electron chi connectivity index (χ0n) is 12.8. The van der Waals surface area contributed by atoms with Crippen LogP contribution in [0.15, 0.2) is 42.5 Å². The van der Waals surface area contributed by atoms with E-state index in [4.69, 9.17) is 10.7 Å². The molecule has 0 spiro atoms. The fourth-order valence-electron chi connectivity index (χ4n) is 2.85. The maximum atomic E-state index is 5.88. The van der Waals surface area contributed by atoms with Crippen LogP contribution in [0.1, 0.15) is 36.8 Å². The summed E-state index contributed by atoms with van der Waals surface area (Å²) >= 11 is 0. The fourth-order valence-corrected chi connectivity index (χ4v) is 2.85. The largest absolute Gasteiger partial charge is 0.399 e. The van der Waals surface area contributed by atoms with Crippen LogP contribution in [0.3, 0.4) is 0 Å². The van der Waals surface area contributed by atoms with Crippen molar-refractivity contribution in [3.05, 3.63) is 59.4 Å². The van der Waals surface area contributed by atoms with E-state index in [1.807, 2.05) is 18.2 Å². The predicted molar refractivity (Wildman–Crippen MR) is 88.5 cm³/mol. The van der Waals surface area contributed by atoms with Gasteiger partial charge >= 0.3 is 0 Å². The number of nitrogen functional groups attached to an aromatic ring is 1.